The molecule has 0 saturated heterocycles. The van der Waals surface area contributed by atoms with Crippen molar-refractivity contribution in [1.29, 1.82) is 5.26 Å². The van der Waals surface area contributed by atoms with Gasteiger partial charge in [-0.3, -0.25) is 0 Å². The van der Waals surface area contributed by atoms with Crippen LogP contribution in [-0.4, -0.2) is 5.92 Å². The number of hydrogen-bond acceptors (Lipinski definition) is 1. The molecule has 3 heteroatoms. The Morgan fingerprint density at radius 3 is 1.86 bits per heavy atom. The summed E-state index contributed by atoms with van der Waals surface area (Å²) in [5, 5.41) is 8.78. The van der Waals surface area contributed by atoms with E-state index in [-0.39, 0.29) is 11.8 Å². The lowest BCUT2D eigenvalue weighted by Gasteiger charge is -2.24. The SMILES string of the molecule is N#Cc1ccc([C]2CC[C](c3ccccc3)C2(F)F)cc1. The van der Waals surface area contributed by atoms with Gasteiger partial charge < -0.3 is 0 Å². The maximum Gasteiger partial charge on any atom is 0.269 e. The van der Waals surface area contributed by atoms with Crippen LogP contribution < -0.4 is 0 Å². The van der Waals surface area contributed by atoms with Crippen molar-refractivity contribution in [1.82, 2.24) is 0 Å². The lowest BCUT2D eigenvalue weighted by molar-refractivity contribution is 0.0555. The van der Waals surface area contributed by atoms with E-state index in [2.05, 4.69) is 0 Å². The van der Waals surface area contributed by atoms with Gasteiger partial charge >= 0.3 is 0 Å². The quantitative estimate of drug-likeness (QED) is 0.793. The molecule has 0 unspecified atom stereocenters. The fraction of sp³-hybridized carbons (Fsp3) is 0.167. The number of hydrogen-bond donors (Lipinski definition) is 0. The van der Waals surface area contributed by atoms with Crippen LogP contribution in [0, 0.1) is 23.2 Å². The fourth-order valence-corrected chi connectivity index (χ4v) is 2.78. The number of alkyl halides is 2. The Morgan fingerprint density at radius 2 is 1.33 bits per heavy atom. The average Bonchev–Trinajstić information content (AvgIpc) is 2.83. The third-order valence-electron chi connectivity index (χ3n) is 3.87. The van der Waals surface area contributed by atoms with Crippen LogP contribution in [0.4, 0.5) is 8.78 Å². The number of halogens is 2. The second-order valence-corrected chi connectivity index (χ2v) is 5.09. The average molecular weight is 281 g/mol. The van der Waals surface area contributed by atoms with Crippen molar-refractivity contribution >= 4 is 0 Å². The van der Waals surface area contributed by atoms with Crippen molar-refractivity contribution in [2.75, 3.05) is 0 Å². The van der Waals surface area contributed by atoms with Crippen molar-refractivity contribution in [3.8, 4) is 6.07 Å². The summed E-state index contributed by atoms with van der Waals surface area (Å²) in [7, 11) is 0. The van der Waals surface area contributed by atoms with Crippen LogP contribution in [0.3, 0.4) is 0 Å². The van der Waals surface area contributed by atoms with E-state index in [1.54, 1.807) is 48.5 Å². The van der Waals surface area contributed by atoms with Crippen LogP contribution in [0.1, 0.15) is 29.5 Å². The summed E-state index contributed by atoms with van der Waals surface area (Å²) in [6.07, 6.45) is 0.718. The van der Waals surface area contributed by atoms with Gasteiger partial charge in [0.15, 0.2) is 0 Å². The summed E-state index contributed by atoms with van der Waals surface area (Å²) in [6, 6.07) is 17.2. The van der Waals surface area contributed by atoms with Crippen molar-refractivity contribution < 1.29 is 8.78 Å². The van der Waals surface area contributed by atoms with E-state index in [9.17, 15) is 8.78 Å². The van der Waals surface area contributed by atoms with Crippen LogP contribution in [-0.2, 0) is 0 Å². The minimum Gasteiger partial charge on any atom is -0.205 e. The second-order valence-electron chi connectivity index (χ2n) is 5.09. The number of rotatable bonds is 2. The Bertz CT molecular complexity index is 656. The van der Waals surface area contributed by atoms with E-state index in [1.807, 2.05) is 12.1 Å². The molecule has 0 bridgehead atoms. The second kappa shape index (κ2) is 5.29. The van der Waals surface area contributed by atoms with Gasteiger partial charge in [0.25, 0.3) is 5.92 Å². The first kappa shape index (κ1) is 13.8. The predicted octanol–water partition coefficient (Wildman–Crippen LogP) is 4.53. The minimum atomic E-state index is -2.92. The normalized spacial score (nSPS) is 18.5. The smallest absolute Gasteiger partial charge is 0.205 e. The molecular weight excluding hydrogens is 268 g/mol. The molecule has 3 rings (SSSR count). The molecule has 1 nitrogen and oxygen atoms in total. The van der Waals surface area contributed by atoms with Gasteiger partial charge in [-0.25, -0.2) is 8.78 Å². The molecule has 0 aromatic heterocycles. The lowest BCUT2D eigenvalue weighted by Crippen LogP contribution is -2.28. The van der Waals surface area contributed by atoms with Crippen molar-refractivity contribution in [2.24, 2.45) is 0 Å². The Morgan fingerprint density at radius 1 is 0.810 bits per heavy atom. The highest BCUT2D eigenvalue weighted by Crippen LogP contribution is 2.53. The Hall–Kier alpha value is -2.21. The number of nitriles is 1. The minimum absolute atomic E-state index is 0.144. The number of nitrogens with zero attached hydrogens (tertiary/aromatic N) is 1. The summed E-state index contributed by atoms with van der Waals surface area (Å²) in [6.45, 7) is 0. The molecule has 2 aromatic rings. The van der Waals surface area contributed by atoms with Crippen molar-refractivity contribution in [3.05, 3.63) is 83.1 Å². The van der Waals surface area contributed by atoms with E-state index < -0.39 is 5.92 Å². The summed E-state index contributed by atoms with van der Waals surface area (Å²) < 4.78 is 29.4. The Kier molecular flexibility index (Phi) is 3.47. The predicted molar refractivity (Wildman–Crippen MR) is 76.5 cm³/mol. The topological polar surface area (TPSA) is 23.8 Å². The van der Waals surface area contributed by atoms with Gasteiger partial charge in [0.2, 0.25) is 0 Å². The van der Waals surface area contributed by atoms with Gasteiger partial charge in [-0.15, -0.1) is 0 Å². The fourth-order valence-electron chi connectivity index (χ4n) is 2.78. The molecule has 2 radical (unpaired) electrons. The molecule has 0 heterocycles. The molecule has 0 N–H and O–H groups in total. The van der Waals surface area contributed by atoms with Gasteiger partial charge in [-0.2, -0.15) is 5.26 Å². The highest BCUT2D eigenvalue weighted by atomic mass is 19.3. The van der Waals surface area contributed by atoms with Gasteiger partial charge in [-0.1, -0.05) is 42.5 Å². The van der Waals surface area contributed by atoms with Crippen LogP contribution >= 0.6 is 0 Å². The zero-order valence-corrected chi connectivity index (χ0v) is 11.3. The van der Waals surface area contributed by atoms with E-state index in [1.165, 1.54) is 0 Å². The summed E-state index contributed by atoms with van der Waals surface area (Å²) >= 11 is 0. The van der Waals surface area contributed by atoms with E-state index in [0.717, 1.165) is 0 Å². The highest BCUT2D eigenvalue weighted by Gasteiger charge is 2.54. The van der Waals surface area contributed by atoms with Crippen LogP contribution in [0.5, 0.6) is 0 Å². The number of benzene rings is 2. The largest absolute Gasteiger partial charge is 0.269 e. The Labute approximate surface area is 122 Å². The molecular formula is C18H13F2N. The van der Waals surface area contributed by atoms with E-state index in [4.69, 9.17) is 5.26 Å². The van der Waals surface area contributed by atoms with Gasteiger partial charge in [-0.05, 0) is 36.1 Å². The summed E-state index contributed by atoms with van der Waals surface area (Å²) in [5.41, 5.74) is 1.60. The zero-order chi connectivity index (χ0) is 14.9. The van der Waals surface area contributed by atoms with E-state index >= 15 is 0 Å². The molecule has 1 saturated carbocycles. The highest BCUT2D eigenvalue weighted by molar-refractivity contribution is 5.50. The van der Waals surface area contributed by atoms with Gasteiger partial charge in [0.1, 0.15) is 0 Å². The first-order chi connectivity index (χ1) is 10.1. The molecule has 21 heavy (non-hydrogen) atoms. The standard InChI is InChI=1S/C18H13F2N/c19-18(20)16(14-4-2-1-3-5-14)10-11-17(18)15-8-6-13(12-21)7-9-15/h1-9H,10-11H2. The molecule has 1 fully saturated rings. The van der Waals surface area contributed by atoms with Crippen molar-refractivity contribution in [3.63, 3.8) is 0 Å². The maximum atomic E-state index is 14.7. The first-order valence-corrected chi connectivity index (χ1v) is 6.79. The third-order valence-corrected chi connectivity index (χ3v) is 3.87. The maximum absolute atomic E-state index is 14.7. The molecule has 2 aromatic carbocycles. The third kappa shape index (κ3) is 2.42. The first-order valence-electron chi connectivity index (χ1n) is 6.79. The molecule has 1 aliphatic carbocycles. The summed E-state index contributed by atoms with van der Waals surface area (Å²) in [5.74, 6) is -2.59. The zero-order valence-electron chi connectivity index (χ0n) is 11.3. The van der Waals surface area contributed by atoms with Crippen LogP contribution in [0.2, 0.25) is 0 Å². The molecule has 0 spiro atoms. The van der Waals surface area contributed by atoms with Crippen molar-refractivity contribution in [2.45, 2.75) is 18.8 Å². The molecule has 0 atom stereocenters. The van der Waals surface area contributed by atoms with Crippen LogP contribution in [0.15, 0.2) is 54.6 Å². The van der Waals surface area contributed by atoms with Gasteiger partial charge in [0.05, 0.1) is 23.5 Å². The lowest BCUT2D eigenvalue weighted by atomic mass is 9.89. The molecule has 0 aliphatic heterocycles. The monoisotopic (exact) mass is 281 g/mol. The Balaban J connectivity index is 1.90. The molecule has 104 valence electrons. The summed E-state index contributed by atoms with van der Waals surface area (Å²) in [4.78, 5) is 0. The van der Waals surface area contributed by atoms with E-state index in [0.29, 0.717) is 29.5 Å². The van der Waals surface area contributed by atoms with Gasteiger partial charge in [0, 0.05) is 0 Å². The molecule has 0 amide bonds. The molecule has 1 aliphatic rings. The van der Waals surface area contributed by atoms with Crippen LogP contribution in [0.25, 0.3) is 0 Å².